The fraction of sp³-hybridized carbons (Fsp3) is 0.500. The van der Waals surface area contributed by atoms with E-state index in [0.29, 0.717) is 0 Å². The Hall–Kier alpha value is -2.13. The second-order valence-corrected chi connectivity index (χ2v) is 3.38. The predicted octanol–water partition coefficient (Wildman–Crippen LogP) is -0.0368. The van der Waals surface area contributed by atoms with Gasteiger partial charge in [0.05, 0.1) is 5.69 Å². The third-order valence-electron chi connectivity index (χ3n) is 1.96. The minimum atomic E-state index is -4.50. The zero-order chi connectivity index (χ0) is 13.9. The molecule has 7 nitrogen and oxygen atoms in total. The van der Waals surface area contributed by atoms with Crippen LogP contribution >= 0.6 is 0 Å². The van der Waals surface area contributed by atoms with Crippen LogP contribution in [0.5, 0.6) is 0 Å². The maximum atomic E-state index is 11.8. The number of aromatic nitrogens is 3. The molecule has 0 atom stereocenters. The number of carboxylic acids is 1. The number of carboxylic acid groups (broad SMARTS) is 1. The number of aromatic carboxylic acids is 1. The topological polar surface area (TPSA) is 97.1 Å². The highest BCUT2D eigenvalue weighted by Crippen LogP contribution is 2.12. The van der Waals surface area contributed by atoms with Gasteiger partial charge in [0.15, 0.2) is 5.69 Å². The molecule has 1 aromatic rings. The van der Waals surface area contributed by atoms with E-state index in [1.54, 1.807) is 5.32 Å². The largest absolute Gasteiger partial charge is 0.476 e. The third-order valence-corrected chi connectivity index (χ3v) is 1.96. The summed E-state index contributed by atoms with van der Waals surface area (Å²) in [5, 5.41) is 16.9. The molecule has 0 fully saturated rings. The van der Waals surface area contributed by atoms with E-state index >= 15 is 0 Å². The number of hydrogen-bond acceptors (Lipinski definition) is 4. The van der Waals surface area contributed by atoms with Crippen molar-refractivity contribution in [3.8, 4) is 0 Å². The molecule has 0 aliphatic heterocycles. The Bertz CT molecular complexity index is 469. The maximum absolute atomic E-state index is 11.8. The summed E-state index contributed by atoms with van der Waals surface area (Å²) in [6.45, 7) is -0.631. The first-order valence-corrected chi connectivity index (χ1v) is 4.67. The van der Waals surface area contributed by atoms with Gasteiger partial charge in [0.25, 0.3) is 0 Å². The van der Waals surface area contributed by atoms with E-state index < -0.39 is 31.1 Å². The van der Waals surface area contributed by atoms with Crippen molar-refractivity contribution in [1.29, 1.82) is 0 Å². The Morgan fingerprint density at radius 3 is 2.50 bits per heavy atom. The number of amides is 1. The lowest BCUT2D eigenvalue weighted by Crippen LogP contribution is -2.36. The summed E-state index contributed by atoms with van der Waals surface area (Å²) >= 11 is 0. The summed E-state index contributed by atoms with van der Waals surface area (Å²) < 4.78 is 36.4. The van der Waals surface area contributed by atoms with E-state index in [1.807, 2.05) is 0 Å². The minimum Gasteiger partial charge on any atom is -0.476 e. The van der Waals surface area contributed by atoms with Gasteiger partial charge >= 0.3 is 12.1 Å². The predicted molar refractivity (Wildman–Crippen MR) is 50.8 cm³/mol. The van der Waals surface area contributed by atoms with Gasteiger partial charge < -0.3 is 10.4 Å². The van der Waals surface area contributed by atoms with Crippen LogP contribution in [0.2, 0.25) is 0 Å². The third kappa shape index (κ3) is 3.71. The summed E-state index contributed by atoms with van der Waals surface area (Å²) in [6.07, 6.45) is -4.50. The Morgan fingerprint density at radius 2 is 2.06 bits per heavy atom. The van der Waals surface area contributed by atoms with Gasteiger partial charge in [0.1, 0.15) is 13.1 Å². The molecule has 1 rings (SSSR count). The molecule has 1 heterocycles. The standard InChI is InChI=1S/C8H9F3N4O3/c1-4-6(7(17)18)13-14-15(4)2-5(16)12-3-8(9,10)11/h2-3H2,1H3,(H,12,16)(H,17,18). The van der Waals surface area contributed by atoms with Crippen LogP contribution < -0.4 is 5.32 Å². The van der Waals surface area contributed by atoms with Gasteiger partial charge in [0.2, 0.25) is 5.91 Å². The molecule has 0 aromatic carbocycles. The van der Waals surface area contributed by atoms with E-state index in [2.05, 4.69) is 10.3 Å². The van der Waals surface area contributed by atoms with Gasteiger partial charge in [-0.1, -0.05) is 5.21 Å². The smallest absolute Gasteiger partial charge is 0.405 e. The van der Waals surface area contributed by atoms with Gasteiger partial charge in [-0.2, -0.15) is 13.2 Å². The highest BCUT2D eigenvalue weighted by atomic mass is 19.4. The van der Waals surface area contributed by atoms with Gasteiger partial charge in [-0.3, -0.25) is 4.79 Å². The van der Waals surface area contributed by atoms with Gasteiger partial charge in [0, 0.05) is 0 Å². The normalized spacial score (nSPS) is 11.3. The van der Waals surface area contributed by atoms with E-state index in [-0.39, 0.29) is 11.4 Å². The summed E-state index contributed by atoms with van der Waals surface area (Å²) in [5.41, 5.74) is -0.261. The monoisotopic (exact) mass is 266 g/mol. The molecule has 0 saturated carbocycles. The number of halogens is 3. The Morgan fingerprint density at radius 1 is 1.44 bits per heavy atom. The van der Waals surface area contributed by atoms with Gasteiger partial charge in [-0.25, -0.2) is 9.48 Å². The molecular weight excluding hydrogens is 257 g/mol. The van der Waals surface area contributed by atoms with Gasteiger partial charge in [-0.05, 0) is 6.92 Å². The zero-order valence-electron chi connectivity index (χ0n) is 9.15. The highest BCUT2D eigenvalue weighted by Gasteiger charge is 2.28. The molecule has 18 heavy (non-hydrogen) atoms. The lowest BCUT2D eigenvalue weighted by Gasteiger charge is -2.08. The molecule has 1 aromatic heterocycles. The number of rotatable bonds is 4. The number of carbonyl (C=O) groups is 2. The molecule has 0 spiro atoms. The minimum absolute atomic E-state index is 0.0876. The summed E-state index contributed by atoms with van der Waals surface area (Å²) in [6, 6.07) is 0. The first kappa shape index (κ1) is 13.9. The fourth-order valence-electron chi connectivity index (χ4n) is 1.10. The lowest BCUT2D eigenvalue weighted by atomic mass is 10.3. The Balaban J connectivity index is 2.63. The van der Waals surface area contributed by atoms with Crippen molar-refractivity contribution < 1.29 is 27.9 Å². The van der Waals surface area contributed by atoms with Crippen molar-refractivity contribution in [1.82, 2.24) is 20.3 Å². The number of nitrogens with one attached hydrogen (secondary N) is 1. The van der Waals surface area contributed by atoms with Crippen LogP contribution in [0.4, 0.5) is 13.2 Å². The van der Waals surface area contributed by atoms with Crippen LogP contribution in [0.25, 0.3) is 0 Å². The highest BCUT2D eigenvalue weighted by molar-refractivity contribution is 5.86. The first-order valence-electron chi connectivity index (χ1n) is 4.67. The molecule has 10 heteroatoms. The van der Waals surface area contributed by atoms with Crippen molar-refractivity contribution in [2.75, 3.05) is 6.54 Å². The summed E-state index contributed by atoms with van der Waals surface area (Å²) in [5.74, 6) is -2.26. The van der Waals surface area contributed by atoms with Crippen molar-refractivity contribution in [3.63, 3.8) is 0 Å². The molecule has 100 valence electrons. The molecule has 0 saturated heterocycles. The Kier molecular flexibility index (Phi) is 3.89. The zero-order valence-corrected chi connectivity index (χ0v) is 9.15. The van der Waals surface area contributed by atoms with Crippen LogP contribution in [-0.2, 0) is 11.3 Å². The van der Waals surface area contributed by atoms with Crippen LogP contribution in [0.3, 0.4) is 0 Å². The molecule has 2 N–H and O–H groups in total. The molecule has 0 aliphatic carbocycles. The summed E-state index contributed by atoms with van der Waals surface area (Å²) in [4.78, 5) is 21.8. The summed E-state index contributed by atoms with van der Waals surface area (Å²) in [7, 11) is 0. The van der Waals surface area contributed by atoms with E-state index in [9.17, 15) is 22.8 Å². The van der Waals surface area contributed by atoms with E-state index in [0.717, 1.165) is 4.68 Å². The second kappa shape index (κ2) is 5.02. The average molecular weight is 266 g/mol. The molecule has 0 unspecified atom stereocenters. The molecule has 0 aliphatic rings. The first-order chi connectivity index (χ1) is 8.20. The van der Waals surface area contributed by atoms with E-state index in [4.69, 9.17) is 5.11 Å². The lowest BCUT2D eigenvalue weighted by molar-refractivity contribution is -0.138. The quantitative estimate of drug-likeness (QED) is 0.797. The Labute approximate surface area is 98.6 Å². The van der Waals surface area contributed by atoms with Crippen molar-refractivity contribution in [2.45, 2.75) is 19.6 Å². The van der Waals surface area contributed by atoms with Crippen molar-refractivity contribution in [2.24, 2.45) is 0 Å². The van der Waals surface area contributed by atoms with Crippen LogP contribution in [0.15, 0.2) is 0 Å². The number of alkyl halides is 3. The number of nitrogens with zero attached hydrogens (tertiary/aromatic N) is 3. The number of hydrogen-bond donors (Lipinski definition) is 2. The van der Waals surface area contributed by atoms with Crippen LogP contribution in [0.1, 0.15) is 16.2 Å². The molecule has 0 radical (unpaired) electrons. The second-order valence-electron chi connectivity index (χ2n) is 3.38. The average Bonchev–Trinajstić information content (AvgIpc) is 2.57. The van der Waals surface area contributed by atoms with Crippen molar-refractivity contribution >= 4 is 11.9 Å². The SMILES string of the molecule is Cc1c(C(=O)O)nnn1CC(=O)NCC(F)(F)F. The maximum Gasteiger partial charge on any atom is 0.405 e. The molecular formula is C8H9F3N4O3. The van der Waals surface area contributed by atoms with Crippen LogP contribution in [0, 0.1) is 6.92 Å². The fourth-order valence-corrected chi connectivity index (χ4v) is 1.10. The molecule has 0 bridgehead atoms. The molecule has 1 amide bonds. The number of carbonyl (C=O) groups excluding carboxylic acids is 1. The van der Waals surface area contributed by atoms with E-state index in [1.165, 1.54) is 6.92 Å². The van der Waals surface area contributed by atoms with Crippen LogP contribution in [-0.4, -0.2) is 44.7 Å². The van der Waals surface area contributed by atoms with Gasteiger partial charge in [-0.15, -0.1) is 5.10 Å². The van der Waals surface area contributed by atoms with Crippen molar-refractivity contribution in [3.05, 3.63) is 11.4 Å².